The van der Waals surface area contributed by atoms with E-state index in [1.165, 1.54) is 6.07 Å². The molecule has 1 rings (SSSR count). The standard InChI is InChI=1S/C14H22FNO/c1-4-6-11(3)17-14-12(9-10(2)16)7-5-8-13(14)15/h5,7-8,10-11H,4,6,9,16H2,1-3H3. The van der Waals surface area contributed by atoms with E-state index < -0.39 is 0 Å². The maximum Gasteiger partial charge on any atom is 0.165 e. The van der Waals surface area contributed by atoms with Crippen LogP contribution in [0.3, 0.4) is 0 Å². The summed E-state index contributed by atoms with van der Waals surface area (Å²) in [6, 6.07) is 5.00. The van der Waals surface area contributed by atoms with E-state index in [4.69, 9.17) is 10.5 Å². The summed E-state index contributed by atoms with van der Waals surface area (Å²) in [6.45, 7) is 5.96. The molecule has 0 spiro atoms. The van der Waals surface area contributed by atoms with Crippen molar-refractivity contribution < 1.29 is 9.13 Å². The molecule has 0 aliphatic rings. The van der Waals surface area contributed by atoms with Gasteiger partial charge in [-0.25, -0.2) is 4.39 Å². The zero-order chi connectivity index (χ0) is 12.8. The molecule has 17 heavy (non-hydrogen) atoms. The molecule has 0 bridgehead atoms. The lowest BCUT2D eigenvalue weighted by atomic mass is 10.1. The molecule has 0 amide bonds. The van der Waals surface area contributed by atoms with Crippen LogP contribution in [-0.2, 0) is 6.42 Å². The molecule has 0 heterocycles. The lowest BCUT2D eigenvalue weighted by Gasteiger charge is -2.18. The van der Waals surface area contributed by atoms with E-state index in [-0.39, 0.29) is 18.0 Å². The fraction of sp³-hybridized carbons (Fsp3) is 0.571. The number of ether oxygens (including phenoxy) is 1. The molecule has 0 fully saturated rings. The summed E-state index contributed by atoms with van der Waals surface area (Å²) in [5.41, 5.74) is 6.60. The third kappa shape index (κ3) is 4.35. The van der Waals surface area contributed by atoms with Crippen LogP contribution in [0.4, 0.5) is 4.39 Å². The van der Waals surface area contributed by atoms with Crippen LogP contribution in [0.15, 0.2) is 18.2 Å². The first kappa shape index (κ1) is 14.0. The van der Waals surface area contributed by atoms with Crippen molar-refractivity contribution in [3.8, 4) is 5.75 Å². The fourth-order valence-corrected chi connectivity index (χ4v) is 1.86. The second-order valence-corrected chi connectivity index (χ2v) is 4.63. The first-order valence-corrected chi connectivity index (χ1v) is 6.24. The Hall–Kier alpha value is -1.09. The first-order chi connectivity index (χ1) is 8.04. The molecule has 1 aromatic rings. The van der Waals surface area contributed by atoms with Gasteiger partial charge in [0.2, 0.25) is 0 Å². The SMILES string of the molecule is CCCC(C)Oc1c(F)cccc1CC(C)N. The first-order valence-electron chi connectivity index (χ1n) is 6.24. The van der Waals surface area contributed by atoms with E-state index in [1.54, 1.807) is 6.07 Å². The Balaban J connectivity index is 2.87. The Bertz CT molecular complexity index is 352. The van der Waals surface area contributed by atoms with Gasteiger partial charge in [0, 0.05) is 6.04 Å². The summed E-state index contributed by atoms with van der Waals surface area (Å²) in [5.74, 6) is 0.0665. The summed E-state index contributed by atoms with van der Waals surface area (Å²) < 4.78 is 19.4. The molecule has 0 saturated heterocycles. The third-order valence-electron chi connectivity index (χ3n) is 2.60. The molecular formula is C14H22FNO. The highest BCUT2D eigenvalue weighted by Gasteiger charge is 2.13. The van der Waals surface area contributed by atoms with Gasteiger partial charge in [0.1, 0.15) is 0 Å². The van der Waals surface area contributed by atoms with Gasteiger partial charge in [0.15, 0.2) is 11.6 Å². The zero-order valence-corrected chi connectivity index (χ0v) is 10.9. The van der Waals surface area contributed by atoms with Crippen LogP contribution in [-0.4, -0.2) is 12.1 Å². The number of rotatable bonds is 6. The molecular weight excluding hydrogens is 217 g/mol. The summed E-state index contributed by atoms with van der Waals surface area (Å²) >= 11 is 0. The Kier molecular flexibility index (Phi) is 5.42. The molecule has 0 saturated carbocycles. The number of nitrogens with two attached hydrogens (primary N) is 1. The van der Waals surface area contributed by atoms with Crippen LogP contribution in [0.25, 0.3) is 0 Å². The summed E-state index contributed by atoms with van der Waals surface area (Å²) in [6.07, 6.45) is 2.61. The van der Waals surface area contributed by atoms with E-state index in [0.29, 0.717) is 12.2 Å². The van der Waals surface area contributed by atoms with Crippen molar-refractivity contribution >= 4 is 0 Å². The predicted molar refractivity (Wildman–Crippen MR) is 68.8 cm³/mol. The van der Waals surface area contributed by atoms with Crippen LogP contribution in [0.5, 0.6) is 5.75 Å². The van der Waals surface area contributed by atoms with Gasteiger partial charge in [0.25, 0.3) is 0 Å². The van der Waals surface area contributed by atoms with Crippen molar-refractivity contribution in [2.45, 2.75) is 52.2 Å². The highest BCUT2D eigenvalue weighted by Crippen LogP contribution is 2.25. The second kappa shape index (κ2) is 6.60. The Morgan fingerprint density at radius 3 is 2.65 bits per heavy atom. The van der Waals surface area contributed by atoms with Gasteiger partial charge in [-0.3, -0.25) is 0 Å². The maximum atomic E-state index is 13.7. The molecule has 2 N–H and O–H groups in total. The number of benzene rings is 1. The van der Waals surface area contributed by atoms with Crippen LogP contribution in [0, 0.1) is 5.82 Å². The van der Waals surface area contributed by atoms with Gasteiger partial charge in [-0.15, -0.1) is 0 Å². The van der Waals surface area contributed by atoms with Crippen molar-refractivity contribution in [1.82, 2.24) is 0 Å². The minimum atomic E-state index is -0.300. The van der Waals surface area contributed by atoms with Gasteiger partial charge in [0.05, 0.1) is 6.10 Å². The third-order valence-corrected chi connectivity index (χ3v) is 2.60. The highest BCUT2D eigenvalue weighted by atomic mass is 19.1. The lowest BCUT2D eigenvalue weighted by Crippen LogP contribution is -2.20. The van der Waals surface area contributed by atoms with Crippen molar-refractivity contribution in [2.24, 2.45) is 5.73 Å². The number of hydrogen-bond donors (Lipinski definition) is 1. The van der Waals surface area contributed by atoms with Crippen LogP contribution in [0.1, 0.15) is 39.2 Å². The van der Waals surface area contributed by atoms with E-state index in [1.807, 2.05) is 19.9 Å². The molecule has 2 unspecified atom stereocenters. The Morgan fingerprint density at radius 2 is 2.06 bits per heavy atom. The molecule has 0 aliphatic heterocycles. The molecule has 2 nitrogen and oxygen atoms in total. The number of hydrogen-bond acceptors (Lipinski definition) is 2. The number of halogens is 1. The molecule has 96 valence electrons. The molecule has 3 heteroatoms. The van der Waals surface area contributed by atoms with Crippen molar-refractivity contribution in [3.05, 3.63) is 29.6 Å². The van der Waals surface area contributed by atoms with E-state index in [9.17, 15) is 4.39 Å². The zero-order valence-electron chi connectivity index (χ0n) is 10.9. The average Bonchev–Trinajstić information content (AvgIpc) is 2.23. The second-order valence-electron chi connectivity index (χ2n) is 4.63. The summed E-state index contributed by atoms with van der Waals surface area (Å²) in [4.78, 5) is 0. The predicted octanol–water partition coefficient (Wildman–Crippen LogP) is 3.28. The van der Waals surface area contributed by atoms with E-state index in [0.717, 1.165) is 18.4 Å². The van der Waals surface area contributed by atoms with Gasteiger partial charge in [-0.2, -0.15) is 0 Å². The smallest absolute Gasteiger partial charge is 0.165 e. The molecule has 0 radical (unpaired) electrons. The largest absolute Gasteiger partial charge is 0.487 e. The van der Waals surface area contributed by atoms with Crippen molar-refractivity contribution in [3.63, 3.8) is 0 Å². The minimum Gasteiger partial charge on any atom is -0.487 e. The average molecular weight is 239 g/mol. The van der Waals surface area contributed by atoms with Crippen LogP contribution >= 0.6 is 0 Å². The van der Waals surface area contributed by atoms with Gasteiger partial charge >= 0.3 is 0 Å². The van der Waals surface area contributed by atoms with Gasteiger partial charge in [-0.05, 0) is 38.3 Å². The van der Waals surface area contributed by atoms with Gasteiger partial charge < -0.3 is 10.5 Å². The van der Waals surface area contributed by atoms with Crippen molar-refractivity contribution in [1.29, 1.82) is 0 Å². The molecule has 2 atom stereocenters. The van der Waals surface area contributed by atoms with E-state index >= 15 is 0 Å². The Labute approximate surface area is 103 Å². The molecule has 0 aromatic heterocycles. The highest BCUT2D eigenvalue weighted by molar-refractivity contribution is 5.35. The molecule has 1 aromatic carbocycles. The fourth-order valence-electron chi connectivity index (χ4n) is 1.86. The topological polar surface area (TPSA) is 35.2 Å². The number of para-hydroxylation sites is 1. The van der Waals surface area contributed by atoms with E-state index in [2.05, 4.69) is 6.92 Å². The molecule has 0 aliphatic carbocycles. The Morgan fingerprint density at radius 1 is 1.35 bits per heavy atom. The summed E-state index contributed by atoms with van der Waals surface area (Å²) in [7, 11) is 0. The maximum absolute atomic E-state index is 13.7. The van der Waals surface area contributed by atoms with Crippen molar-refractivity contribution in [2.75, 3.05) is 0 Å². The summed E-state index contributed by atoms with van der Waals surface area (Å²) in [5, 5.41) is 0. The normalized spacial score (nSPS) is 14.4. The van der Waals surface area contributed by atoms with Crippen LogP contribution in [0.2, 0.25) is 0 Å². The van der Waals surface area contributed by atoms with Gasteiger partial charge in [-0.1, -0.05) is 25.5 Å². The van der Waals surface area contributed by atoms with Crippen LogP contribution < -0.4 is 10.5 Å². The quantitative estimate of drug-likeness (QED) is 0.826. The lowest BCUT2D eigenvalue weighted by molar-refractivity contribution is 0.198. The monoisotopic (exact) mass is 239 g/mol. The minimum absolute atomic E-state index is 0.000585.